The lowest BCUT2D eigenvalue weighted by Crippen LogP contribution is -2.28. The molecule has 17 heavy (non-hydrogen) atoms. The van der Waals surface area contributed by atoms with Crippen LogP contribution in [0, 0.1) is 11.3 Å². The van der Waals surface area contributed by atoms with E-state index in [-0.39, 0.29) is 11.5 Å². The van der Waals surface area contributed by atoms with Crippen molar-refractivity contribution in [3.05, 3.63) is 5.89 Å². The van der Waals surface area contributed by atoms with Gasteiger partial charge in [0.05, 0.1) is 6.04 Å². The van der Waals surface area contributed by atoms with Crippen LogP contribution in [-0.2, 0) is 0 Å². The quantitative estimate of drug-likeness (QED) is 0.799. The molecule has 1 aromatic rings. The predicted molar refractivity (Wildman–Crippen MR) is 68.9 cm³/mol. The van der Waals surface area contributed by atoms with Crippen LogP contribution in [0.5, 0.6) is 0 Å². The highest BCUT2D eigenvalue weighted by Crippen LogP contribution is 2.26. The van der Waals surface area contributed by atoms with E-state index in [0.29, 0.717) is 17.8 Å². The van der Waals surface area contributed by atoms with Gasteiger partial charge in [-0.05, 0) is 25.3 Å². The number of aromatic nitrogens is 2. The smallest absolute Gasteiger partial charge is 0.315 e. The summed E-state index contributed by atoms with van der Waals surface area (Å²) in [6.45, 7) is 11.7. The van der Waals surface area contributed by atoms with E-state index in [1.807, 2.05) is 14.0 Å². The third kappa shape index (κ3) is 3.70. The van der Waals surface area contributed by atoms with Crippen LogP contribution >= 0.6 is 0 Å². The molecule has 0 radical (unpaired) electrons. The van der Waals surface area contributed by atoms with Crippen LogP contribution in [0.15, 0.2) is 4.42 Å². The molecule has 0 amide bonds. The van der Waals surface area contributed by atoms with Crippen LogP contribution in [-0.4, -0.2) is 23.8 Å². The molecule has 1 rings (SSSR count). The Morgan fingerprint density at radius 3 is 2.41 bits per heavy atom. The van der Waals surface area contributed by atoms with Gasteiger partial charge in [0.15, 0.2) is 0 Å². The SMILES string of the molecule is CNC(C)c1nnc(NCC(C)(C)C(C)C)o1. The third-order valence-corrected chi connectivity index (χ3v) is 3.50. The molecule has 0 aliphatic heterocycles. The molecule has 5 nitrogen and oxygen atoms in total. The van der Waals surface area contributed by atoms with Gasteiger partial charge in [0.2, 0.25) is 5.89 Å². The van der Waals surface area contributed by atoms with E-state index in [9.17, 15) is 0 Å². The summed E-state index contributed by atoms with van der Waals surface area (Å²) >= 11 is 0. The van der Waals surface area contributed by atoms with E-state index in [4.69, 9.17) is 4.42 Å². The molecule has 1 aromatic heterocycles. The Morgan fingerprint density at radius 1 is 1.24 bits per heavy atom. The average Bonchev–Trinajstić information content (AvgIpc) is 2.74. The molecule has 1 atom stereocenters. The lowest BCUT2D eigenvalue weighted by atomic mass is 9.81. The summed E-state index contributed by atoms with van der Waals surface area (Å²) in [6, 6.07) is 0.576. The lowest BCUT2D eigenvalue weighted by Gasteiger charge is -2.28. The highest BCUT2D eigenvalue weighted by atomic mass is 16.4. The molecule has 1 unspecified atom stereocenters. The standard InChI is InChI=1S/C12H24N4O/c1-8(2)12(4,5)7-14-11-16-15-10(17-11)9(3)13-6/h8-9,13H,7H2,1-6H3,(H,14,16). The number of rotatable bonds is 6. The lowest BCUT2D eigenvalue weighted by molar-refractivity contribution is 0.267. The molecule has 0 saturated carbocycles. The van der Waals surface area contributed by atoms with E-state index in [1.54, 1.807) is 0 Å². The van der Waals surface area contributed by atoms with Crippen LogP contribution in [0.25, 0.3) is 0 Å². The van der Waals surface area contributed by atoms with Crippen LogP contribution in [0.2, 0.25) is 0 Å². The van der Waals surface area contributed by atoms with E-state index < -0.39 is 0 Å². The minimum Gasteiger partial charge on any atom is -0.406 e. The van der Waals surface area contributed by atoms with Crippen molar-refractivity contribution in [2.24, 2.45) is 11.3 Å². The van der Waals surface area contributed by atoms with E-state index >= 15 is 0 Å². The van der Waals surface area contributed by atoms with E-state index in [2.05, 4.69) is 48.5 Å². The van der Waals surface area contributed by atoms with Gasteiger partial charge in [0.1, 0.15) is 0 Å². The molecule has 0 aliphatic carbocycles. The van der Waals surface area contributed by atoms with Crippen LogP contribution in [0.3, 0.4) is 0 Å². The van der Waals surface area contributed by atoms with Gasteiger partial charge >= 0.3 is 6.01 Å². The molecule has 0 aromatic carbocycles. The molecule has 0 bridgehead atoms. The van der Waals surface area contributed by atoms with Crippen molar-refractivity contribution in [1.82, 2.24) is 15.5 Å². The maximum Gasteiger partial charge on any atom is 0.315 e. The maximum atomic E-state index is 5.52. The first-order chi connectivity index (χ1) is 7.86. The number of hydrogen-bond donors (Lipinski definition) is 2. The van der Waals surface area contributed by atoms with Crippen LogP contribution in [0.4, 0.5) is 6.01 Å². The van der Waals surface area contributed by atoms with Crippen molar-refractivity contribution in [3.8, 4) is 0 Å². The predicted octanol–water partition coefficient (Wildman–Crippen LogP) is 2.44. The van der Waals surface area contributed by atoms with Crippen molar-refractivity contribution in [1.29, 1.82) is 0 Å². The zero-order chi connectivity index (χ0) is 13.1. The van der Waals surface area contributed by atoms with E-state index in [0.717, 1.165) is 6.54 Å². The van der Waals surface area contributed by atoms with Gasteiger partial charge < -0.3 is 15.1 Å². The number of nitrogens with zero attached hydrogens (tertiary/aromatic N) is 2. The Morgan fingerprint density at radius 2 is 1.88 bits per heavy atom. The second kappa shape index (κ2) is 5.49. The zero-order valence-electron chi connectivity index (χ0n) is 11.7. The van der Waals surface area contributed by atoms with Gasteiger partial charge in [0.25, 0.3) is 0 Å². The maximum absolute atomic E-state index is 5.52. The number of nitrogens with one attached hydrogen (secondary N) is 2. The monoisotopic (exact) mass is 240 g/mol. The third-order valence-electron chi connectivity index (χ3n) is 3.50. The molecule has 98 valence electrons. The molecule has 5 heteroatoms. The molecule has 0 aliphatic rings. The Hall–Kier alpha value is -1.10. The largest absolute Gasteiger partial charge is 0.406 e. The van der Waals surface area contributed by atoms with Gasteiger partial charge in [-0.3, -0.25) is 0 Å². The molecule has 0 saturated heterocycles. The van der Waals surface area contributed by atoms with E-state index in [1.165, 1.54) is 0 Å². The molecule has 1 heterocycles. The van der Waals surface area contributed by atoms with Gasteiger partial charge in [-0.15, -0.1) is 5.10 Å². The first-order valence-electron chi connectivity index (χ1n) is 6.11. The zero-order valence-corrected chi connectivity index (χ0v) is 11.7. The number of anilines is 1. The highest BCUT2D eigenvalue weighted by molar-refractivity contribution is 5.18. The van der Waals surface area contributed by atoms with Crippen molar-refractivity contribution in [3.63, 3.8) is 0 Å². The first-order valence-corrected chi connectivity index (χ1v) is 6.11. The summed E-state index contributed by atoms with van der Waals surface area (Å²) < 4.78 is 5.52. The van der Waals surface area contributed by atoms with Gasteiger partial charge in [-0.25, -0.2) is 0 Å². The Bertz CT molecular complexity index is 346. The summed E-state index contributed by atoms with van der Waals surface area (Å²) in [7, 11) is 1.86. The molecule has 0 spiro atoms. The van der Waals surface area contributed by atoms with Crippen molar-refractivity contribution < 1.29 is 4.42 Å². The Labute approximate surface area is 103 Å². The molecular formula is C12H24N4O. The van der Waals surface area contributed by atoms with Crippen molar-refractivity contribution in [2.75, 3.05) is 18.9 Å². The van der Waals surface area contributed by atoms with Gasteiger partial charge in [-0.2, -0.15) is 0 Å². The van der Waals surface area contributed by atoms with Crippen molar-refractivity contribution >= 4 is 6.01 Å². The molecule has 2 N–H and O–H groups in total. The van der Waals surface area contributed by atoms with Crippen molar-refractivity contribution in [2.45, 2.75) is 40.7 Å². The topological polar surface area (TPSA) is 63.0 Å². The minimum atomic E-state index is 0.0798. The minimum absolute atomic E-state index is 0.0798. The second-order valence-corrected chi connectivity index (χ2v) is 5.45. The molecule has 0 fully saturated rings. The fraction of sp³-hybridized carbons (Fsp3) is 0.833. The summed E-state index contributed by atoms with van der Waals surface area (Å²) in [5.74, 6) is 1.20. The summed E-state index contributed by atoms with van der Waals surface area (Å²) in [6.07, 6.45) is 0. The Kier molecular flexibility index (Phi) is 4.51. The van der Waals surface area contributed by atoms with Gasteiger partial charge in [-0.1, -0.05) is 32.8 Å². The fourth-order valence-corrected chi connectivity index (χ4v) is 1.11. The summed E-state index contributed by atoms with van der Waals surface area (Å²) in [5, 5.41) is 14.2. The number of hydrogen-bond acceptors (Lipinski definition) is 5. The molecular weight excluding hydrogens is 216 g/mol. The normalized spacial score (nSPS) is 14.1. The summed E-state index contributed by atoms with van der Waals surface area (Å²) in [5.41, 5.74) is 0.198. The Balaban J connectivity index is 2.56. The fourth-order valence-electron chi connectivity index (χ4n) is 1.11. The first kappa shape index (κ1) is 14.0. The van der Waals surface area contributed by atoms with Crippen LogP contribution in [0.1, 0.15) is 46.6 Å². The highest BCUT2D eigenvalue weighted by Gasteiger charge is 2.23. The average molecular weight is 240 g/mol. The van der Waals surface area contributed by atoms with Gasteiger partial charge in [0, 0.05) is 6.54 Å². The second-order valence-electron chi connectivity index (χ2n) is 5.45. The summed E-state index contributed by atoms with van der Waals surface area (Å²) in [4.78, 5) is 0. The van der Waals surface area contributed by atoms with Crippen LogP contribution < -0.4 is 10.6 Å².